The summed E-state index contributed by atoms with van der Waals surface area (Å²) in [5, 5.41) is 10.7. The van der Waals surface area contributed by atoms with Gasteiger partial charge in [-0.25, -0.2) is 0 Å². The molecular weight excluding hydrogens is 434 g/mol. The molecule has 4 aromatic carbocycles. The highest BCUT2D eigenvalue weighted by Gasteiger charge is 2.35. The van der Waals surface area contributed by atoms with Crippen LogP contribution >= 0.6 is 15.9 Å². The van der Waals surface area contributed by atoms with Crippen LogP contribution in [0.4, 0.5) is 5.69 Å². The number of phenolic OH excluding ortho intramolecular Hbond substituents is 1. The van der Waals surface area contributed by atoms with E-state index in [1.807, 2.05) is 12.1 Å². The number of para-hydroxylation sites is 1. The van der Waals surface area contributed by atoms with Gasteiger partial charge < -0.3 is 10.0 Å². The summed E-state index contributed by atoms with van der Waals surface area (Å²) < 4.78 is 0.887. The van der Waals surface area contributed by atoms with E-state index in [0.29, 0.717) is 5.75 Å². The number of benzene rings is 4. The molecule has 0 aromatic heterocycles. The van der Waals surface area contributed by atoms with Crippen molar-refractivity contribution in [2.24, 2.45) is 0 Å². The van der Waals surface area contributed by atoms with Crippen LogP contribution in [0.1, 0.15) is 34.2 Å². The summed E-state index contributed by atoms with van der Waals surface area (Å²) in [6.07, 6.45) is 0. The van der Waals surface area contributed by atoms with Gasteiger partial charge in [0.1, 0.15) is 5.75 Å². The summed E-state index contributed by atoms with van der Waals surface area (Å²) in [6.45, 7) is 0.809. The Balaban J connectivity index is 1.64. The Hall–Kier alpha value is -3.04. The molecule has 1 heterocycles. The molecule has 148 valence electrons. The predicted molar refractivity (Wildman–Crippen MR) is 126 cm³/mol. The lowest BCUT2D eigenvalue weighted by molar-refractivity contribution is 0.464. The van der Waals surface area contributed by atoms with Crippen molar-refractivity contribution in [3.8, 4) is 5.75 Å². The Bertz CT molecular complexity index is 1120. The van der Waals surface area contributed by atoms with E-state index in [1.54, 1.807) is 6.07 Å². The molecule has 0 radical (unpaired) electrons. The number of hydrogen-bond acceptors (Lipinski definition) is 2. The zero-order valence-corrected chi connectivity index (χ0v) is 18.0. The molecule has 0 amide bonds. The summed E-state index contributed by atoms with van der Waals surface area (Å²) >= 11 is 3.46. The van der Waals surface area contributed by atoms with Crippen LogP contribution in [0.5, 0.6) is 5.75 Å². The van der Waals surface area contributed by atoms with Gasteiger partial charge in [-0.1, -0.05) is 101 Å². The minimum absolute atomic E-state index is 0.108. The van der Waals surface area contributed by atoms with Gasteiger partial charge in [0.25, 0.3) is 0 Å². The van der Waals surface area contributed by atoms with Crippen LogP contribution in [-0.4, -0.2) is 11.7 Å². The molecule has 1 N–H and O–H groups in total. The third-order valence-corrected chi connectivity index (χ3v) is 6.40. The number of nitrogens with zero attached hydrogens (tertiary/aromatic N) is 1. The molecule has 1 unspecified atom stereocenters. The van der Waals surface area contributed by atoms with E-state index < -0.39 is 0 Å². The lowest BCUT2D eigenvalue weighted by Gasteiger charge is -2.32. The largest absolute Gasteiger partial charge is 0.508 e. The van der Waals surface area contributed by atoms with Crippen LogP contribution in [0.3, 0.4) is 0 Å². The van der Waals surface area contributed by atoms with Crippen LogP contribution in [0.2, 0.25) is 0 Å². The van der Waals surface area contributed by atoms with Crippen molar-refractivity contribution in [2.75, 3.05) is 11.4 Å². The van der Waals surface area contributed by atoms with Gasteiger partial charge >= 0.3 is 0 Å². The average Bonchev–Trinajstić information content (AvgIpc) is 3.15. The fraction of sp³-hybridized carbons (Fsp3) is 0.111. The fourth-order valence-corrected chi connectivity index (χ4v) is 4.93. The van der Waals surface area contributed by atoms with Crippen molar-refractivity contribution < 1.29 is 5.11 Å². The van der Waals surface area contributed by atoms with Gasteiger partial charge in [0.15, 0.2) is 0 Å². The van der Waals surface area contributed by atoms with Crippen LogP contribution in [-0.2, 0) is 0 Å². The van der Waals surface area contributed by atoms with Gasteiger partial charge in [-0.2, -0.15) is 0 Å². The minimum Gasteiger partial charge on any atom is -0.508 e. The lowest BCUT2D eigenvalue weighted by Crippen LogP contribution is -2.28. The van der Waals surface area contributed by atoms with Crippen LogP contribution in [0.15, 0.2) is 108 Å². The molecule has 0 bridgehead atoms. The standard InChI is InChI=1S/C27H22BrNO/c28-21-15-16-23(26(30)17-21)24-18-29(25-14-8-7-13-22(24)25)27(19-9-3-1-4-10-19)20-11-5-2-6-12-20/h1-17,24,27,30H,18H2. The molecule has 1 atom stereocenters. The first-order chi connectivity index (χ1) is 14.7. The summed E-state index contributed by atoms with van der Waals surface area (Å²) in [4.78, 5) is 2.48. The molecule has 3 heteroatoms. The lowest BCUT2D eigenvalue weighted by atomic mass is 9.92. The number of hydrogen-bond donors (Lipinski definition) is 1. The number of aromatic hydroxyl groups is 1. The van der Waals surface area contributed by atoms with Gasteiger partial charge in [0, 0.05) is 28.2 Å². The molecule has 1 aliphatic rings. The number of anilines is 1. The van der Waals surface area contributed by atoms with Crippen LogP contribution in [0, 0.1) is 0 Å². The zero-order chi connectivity index (χ0) is 20.5. The first kappa shape index (κ1) is 19.0. The van der Waals surface area contributed by atoms with Crippen molar-refractivity contribution in [1.29, 1.82) is 0 Å². The van der Waals surface area contributed by atoms with Gasteiger partial charge in [-0.05, 0) is 34.9 Å². The van der Waals surface area contributed by atoms with Crippen molar-refractivity contribution in [2.45, 2.75) is 12.0 Å². The van der Waals surface area contributed by atoms with E-state index >= 15 is 0 Å². The summed E-state index contributed by atoms with van der Waals surface area (Å²) in [5.74, 6) is 0.450. The smallest absolute Gasteiger partial charge is 0.120 e. The molecule has 30 heavy (non-hydrogen) atoms. The Morgan fingerprint density at radius 2 is 1.33 bits per heavy atom. The SMILES string of the molecule is Oc1cc(Br)ccc1C1CN(C(c2ccccc2)c2ccccc2)c2ccccc21. The second-order valence-corrected chi connectivity index (χ2v) is 8.61. The number of phenols is 1. The Labute approximate surface area is 185 Å². The Morgan fingerprint density at radius 1 is 0.733 bits per heavy atom. The fourth-order valence-electron chi connectivity index (χ4n) is 4.58. The average molecular weight is 456 g/mol. The van der Waals surface area contributed by atoms with Gasteiger partial charge in [0.05, 0.1) is 6.04 Å². The van der Waals surface area contributed by atoms with Crippen molar-refractivity contribution in [3.63, 3.8) is 0 Å². The molecule has 0 saturated heterocycles. The van der Waals surface area contributed by atoms with Crippen LogP contribution in [0.25, 0.3) is 0 Å². The van der Waals surface area contributed by atoms with Crippen molar-refractivity contribution >= 4 is 21.6 Å². The third-order valence-electron chi connectivity index (χ3n) is 5.91. The van der Waals surface area contributed by atoms with E-state index in [1.165, 1.54) is 22.4 Å². The highest BCUT2D eigenvalue weighted by atomic mass is 79.9. The molecule has 1 aliphatic heterocycles. The molecule has 0 fully saturated rings. The van der Waals surface area contributed by atoms with E-state index in [2.05, 4.69) is 106 Å². The third kappa shape index (κ3) is 3.40. The van der Waals surface area contributed by atoms with E-state index in [9.17, 15) is 5.11 Å². The zero-order valence-electron chi connectivity index (χ0n) is 16.4. The maximum Gasteiger partial charge on any atom is 0.120 e. The van der Waals surface area contributed by atoms with Gasteiger partial charge in [0.2, 0.25) is 0 Å². The molecule has 5 rings (SSSR count). The Kier molecular flexibility index (Phi) is 5.06. The molecule has 0 spiro atoms. The maximum absolute atomic E-state index is 10.7. The van der Waals surface area contributed by atoms with Gasteiger partial charge in [-0.15, -0.1) is 0 Å². The monoisotopic (exact) mass is 455 g/mol. The topological polar surface area (TPSA) is 23.5 Å². The normalized spacial score (nSPS) is 15.4. The number of halogens is 1. The molecule has 4 aromatic rings. The van der Waals surface area contributed by atoms with E-state index in [-0.39, 0.29) is 12.0 Å². The number of rotatable bonds is 4. The molecular formula is C27H22BrNO. The van der Waals surface area contributed by atoms with E-state index in [4.69, 9.17) is 0 Å². The number of fused-ring (bicyclic) bond motifs is 1. The second-order valence-electron chi connectivity index (χ2n) is 7.69. The summed E-state index contributed by atoms with van der Waals surface area (Å²) in [5.41, 5.74) is 5.97. The maximum atomic E-state index is 10.7. The first-order valence-corrected chi connectivity index (χ1v) is 11.0. The molecule has 0 aliphatic carbocycles. The molecule has 0 saturated carbocycles. The van der Waals surface area contributed by atoms with Crippen molar-refractivity contribution in [1.82, 2.24) is 0 Å². The second kappa shape index (κ2) is 8.00. The highest BCUT2D eigenvalue weighted by Crippen LogP contribution is 2.47. The van der Waals surface area contributed by atoms with Crippen molar-refractivity contribution in [3.05, 3.63) is 130 Å². The summed E-state index contributed by atoms with van der Waals surface area (Å²) in [6, 6.07) is 35.8. The van der Waals surface area contributed by atoms with Crippen LogP contribution < -0.4 is 4.90 Å². The quantitative estimate of drug-likeness (QED) is 0.361. The first-order valence-electron chi connectivity index (χ1n) is 10.2. The Morgan fingerprint density at radius 3 is 1.97 bits per heavy atom. The summed E-state index contributed by atoms with van der Waals surface area (Å²) in [7, 11) is 0. The molecule has 2 nitrogen and oxygen atoms in total. The van der Waals surface area contributed by atoms with Gasteiger partial charge in [-0.3, -0.25) is 0 Å². The predicted octanol–water partition coefficient (Wildman–Crippen LogP) is 6.90. The minimum atomic E-state index is 0.108. The van der Waals surface area contributed by atoms with E-state index in [0.717, 1.165) is 16.6 Å². The highest BCUT2D eigenvalue weighted by molar-refractivity contribution is 9.10.